The van der Waals surface area contributed by atoms with Crippen molar-refractivity contribution in [3.8, 4) is 17.1 Å². The number of carbonyl (C=O) groups is 1. The molecule has 0 fully saturated rings. The number of benzene rings is 1. The molecule has 0 N–H and O–H groups in total. The highest BCUT2D eigenvalue weighted by Gasteiger charge is 2.11. The van der Waals surface area contributed by atoms with Gasteiger partial charge in [0.25, 0.3) is 6.47 Å². The highest BCUT2D eigenvalue weighted by Crippen LogP contribution is 2.29. The van der Waals surface area contributed by atoms with Crippen LogP contribution >= 0.6 is 0 Å². The number of rotatable bonds is 3. The quantitative estimate of drug-likeness (QED) is 0.671. The third-order valence-electron chi connectivity index (χ3n) is 2.77. The van der Waals surface area contributed by atoms with Gasteiger partial charge in [0.15, 0.2) is 5.75 Å². The van der Waals surface area contributed by atoms with Crippen molar-refractivity contribution in [2.45, 2.75) is 0 Å². The molecule has 19 heavy (non-hydrogen) atoms. The van der Waals surface area contributed by atoms with Gasteiger partial charge in [0, 0.05) is 11.6 Å². The number of fused-ring (bicyclic) bond motifs is 1. The maximum atomic E-state index is 10.6. The van der Waals surface area contributed by atoms with Gasteiger partial charge in [-0.1, -0.05) is 24.3 Å². The van der Waals surface area contributed by atoms with Crippen LogP contribution in [0.15, 0.2) is 54.7 Å². The van der Waals surface area contributed by atoms with Crippen molar-refractivity contribution >= 4 is 17.4 Å². The second kappa shape index (κ2) is 4.86. The van der Waals surface area contributed by atoms with Crippen molar-refractivity contribution in [3.05, 3.63) is 54.7 Å². The van der Waals surface area contributed by atoms with E-state index in [4.69, 9.17) is 4.74 Å². The minimum atomic E-state index is 0.401. The fourth-order valence-corrected chi connectivity index (χ4v) is 1.92. The molecular formula is C15H10N2O2. The summed E-state index contributed by atoms with van der Waals surface area (Å²) in [5.74, 6) is 0.410. The molecule has 0 saturated heterocycles. The zero-order valence-electron chi connectivity index (χ0n) is 9.98. The minimum absolute atomic E-state index is 0.401. The number of hydrogen-bond donors (Lipinski definition) is 0. The summed E-state index contributed by atoms with van der Waals surface area (Å²) in [6, 6.07) is 15.0. The molecular weight excluding hydrogens is 240 g/mol. The largest absolute Gasteiger partial charge is 0.426 e. The van der Waals surface area contributed by atoms with Gasteiger partial charge < -0.3 is 4.74 Å². The molecule has 1 aromatic carbocycles. The topological polar surface area (TPSA) is 52.1 Å². The summed E-state index contributed by atoms with van der Waals surface area (Å²) in [5, 5.41) is 0.916. The van der Waals surface area contributed by atoms with Gasteiger partial charge in [0.05, 0.1) is 11.2 Å². The second-order valence-corrected chi connectivity index (χ2v) is 3.96. The van der Waals surface area contributed by atoms with Crippen LogP contribution < -0.4 is 4.74 Å². The Morgan fingerprint density at radius 2 is 1.89 bits per heavy atom. The SMILES string of the molecule is O=COc1cc2ccccc2nc1-c1ccccn1. The van der Waals surface area contributed by atoms with Crippen LogP contribution in [0.1, 0.15) is 0 Å². The van der Waals surface area contributed by atoms with Crippen LogP contribution in [0, 0.1) is 0 Å². The standard InChI is InChI=1S/C15H10N2O2/c18-10-19-14-9-11-5-1-2-6-12(11)17-15(14)13-7-3-4-8-16-13/h1-10H. The zero-order chi connectivity index (χ0) is 13.1. The van der Waals surface area contributed by atoms with Crippen molar-refractivity contribution in [3.63, 3.8) is 0 Å². The van der Waals surface area contributed by atoms with Crippen LogP contribution in [0.25, 0.3) is 22.3 Å². The van der Waals surface area contributed by atoms with E-state index in [9.17, 15) is 4.79 Å². The Balaban J connectivity index is 2.26. The van der Waals surface area contributed by atoms with Crippen molar-refractivity contribution in [2.75, 3.05) is 0 Å². The molecule has 2 heterocycles. The van der Waals surface area contributed by atoms with E-state index < -0.39 is 0 Å². The Labute approximate surface area is 109 Å². The fraction of sp³-hybridized carbons (Fsp3) is 0. The van der Waals surface area contributed by atoms with Crippen LogP contribution in [0.3, 0.4) is 0 Å². The maximum absolute atomic E-state index is 10.6. The molecule has 0 saturated carbocycles. The lowest BCUT2D eigenvalue weighted by molar-refractivity contribution is -0.120. The van der Waals surface area contributed by atoms with Gasteiger partial charge in [-0.05, 0) is 24.3 Å². The van der Waals surface area contributed by atoms with Gasteiger partial charge in [0.2, 0.25) is 0 Å². The maximum Gasteiger partial charge on any atom is 0.298 e. The molecule has 0 aliphatic carbocycles. The van der Waals surface area contributed by atoms with Crippen molar-refractivity contribution in [2.24, 2.45) is 0 Å². The third-order valence-corrected chi connectivity index (χ3v) is 2.77. The Morgan fingerprint density at radius 3 is 2.68 bits per heavy atom. The minimum Gasteiger partial charge on any atom is -0.426 e. The van der Waals surface area contributed by atoms with Crippen LogP contribution in [0.4, 0.5) is 0 Å². The fourth-order valence-electron chi connectivity index (χ4n) is 1.92. The summed E-state index contributed by atoms with van der Waals surface area (Å²) >= 11 is 0. The van der Waals surface area contributed by atoms with Gasteiger partial charge in [-0.2, -0.15) is 0 Å². The lowest BCUT2D eigenvalue weighted by atomic mass is 10.1. The van der Waals surface area contributed by atoms with E-state index in [-0.39, 0.29) is 0 Å². The summed E-state index contributed by atoms with van der Waals surface area (Å²) in [6.07, 6.45) is 1.68. The summed E-state index contributed by atoms with van der Waals surface area (Å²) < 4.78 is 5.02. The smallest absolute Gasteiger partial charge is 0.298 e. The van der Waals surface area contributed by atoms with Crippen LogP contribution in [-0.2, 0) is 4.79 Å². The average Bonchev–Trinajstić information content (AvgIpc) is 2.48. The number of nitrogens with zero attached hydrogens (tertiary/aromatic N) is 2. The molecule has 4 heteroatoms. The molecule has 4 nitrogen and oxygen atoms in total. The average molecular weight is 250 g/mol. The van der Waals surface area contributed by atoms with Gasteiger partial charge in [-0.25, -0.2) is 4.98 Å². The van der Waals surface area contributed by atoms with E-state index in [1.807, 2.05) is 42.5 Å². The number of hydrogen-bond acceptors (Lipinski definition) is 4. The van der Waals surface area contributed by atoms with Crippen molar-refractivity contribution in [1.82, 2.24) is 9.97 Å². The molecule has 3 aromatic rings. The van der Waals surface area contributed by atoms with Crippen molar-refractivity contribution < 1.29 is 9.53 Å². The molecule has 0 radical (unpaired) electrons. The molecule has 0 bridgehead atoms. The Morgan fingerprint density at radius 1 is 1.05 bits per heavy atom. The van der Waals surface area contributed by atoms with Crippen molar-refractivity contribution in [1.29, 1.82) is 0 Å². The van der Waals surface area contributed by atoms with Crippen LogP contribution in [0.2, 0.25) is 0 Å². The number of carbonyl (C=O) groups excluding carboxylic acids is 1. The van der Waals surface area contributed by atoms with E-state index in [0.29, 0.717) is 23.6 Å². The highest BCUT2D eigenvalue weighted by molar-refractivity contribution is 5.84. The third kappa shape index (κ3) is 2.15. The van der Waals surface area contributed by atoms with Gasteiger partial charge >= 0.3 is 0 Å². The molecule has 0 spiro atoms. The molecule has 0 aliphatic rings. The first-order chi connectivity index (χ1) is 9.38. The molecule has 0 atom stereocenters. The van der Waals surface area contributed by atoms with Crippen LogP contribution in [0.5, 0.6) is 5.75 Å². The normalized spacial score (nSPS) is 10.3. The van der Waals surface area contributed by atoms with E-state index in [1.54, 1.807) is 12.3 Å². The van der Waals surface area contributed by atoms with Crippen LogP contribution in [-0.4, -0.2) is 16.4 Å². The molecule has 0 unspecified atom stereocenters. The second-order valence-electron chi connectivity index (χ2n) is 3.96. The number of pyridine rings is 2. The summed E-state index contributed by atoms with van der Waals surface area (Å²) in [4.78, 5) is 19.4. The number of para-hydroxylation sites is 1. The zero-order valence-corrected chi connectivity index (χ0v) is 9.98. The summed E-state index contributed by atoms with van der Waals surface area (Å²) in [5.41, 5.74) is 2.07. The first kappa shape index (κ1) is 11.3. The first-order valence-electron chi connectivity index (χ1n) is 5.80. The van der Waals surface area contributed by atoms with E-state index >= 15 is 0 Å². The Kier molecular flexibility index (Phi) is 2.90. The predicted molar refractivity (Wildman–Crippen MR) is 71.7 cm³/mol. The van der Waals surface area contributed by atoms with Gasteiger partial charge in [-0.3, -0.25) is 9.78 Å². The molecule has 0 aliphatic heterocycles. The van der Waals surface area contributed by atoms with Gasteiger partial charge in [-0.15, -0.1) is 0 Å². The molecule has 92 valence electrons. The Bertz CT molecular complexity index is 727. The lowest BCUT2D eigenvalue weighted by Crippen LogP contribution is -1.96. The number of ether oxygens (including phenoxy) is 1. The monoisotopic (exact) mass is 250 g/mol. The summed E-state index contributed by atoms with van der Waals surface area (Å²) in [7, 11) is 0. The number of aromatic nitrogens is 2. The summed E-state index contributed by atoms with van der Waals surface area (Å²) in [6.45, 7) is 0.401. The molecule has 0 amide bonds. The molecule has 2 aromatic heterocycles. The highest BCUT2D eigenvalue weighted by atomic mass is 16.5. The van der Waals surface area contributed by atoms with E-state index in [2.05, 4.69) is 9.97 Å². The predicted octanol–water partition coefficient (Wildman–Crippen LogP) is 2.83. The lowest BCUT2D eigenvalue weighted by Gasteiger charge is -2.07. The Hall–Kier alpha value is -2.75. The van der Waals surface area contributed by atoms with E-state index in [0.717, 1.165) is 10.9 Å². The molecule has 3 rings (SSSR count). The van der Waals surface area contributed by atoms with E-state index in [1.165, 1.54) is 0 Å². The first-order valence-corrected chi connectivity index (χ1v) is 5.80. The van der Waals surface area contributed by atoms with Gasteiger partial charge in [0.1, 0.15) is 5.69 Å².